The molecular weight excluding hydrogens is 536 g/mol. The van der Waals surface area contributed by atoms with Gasteiger partial charge in [0.2, 0.25) is 0 Å². The molecule has 7 rings (SSSR count). The van der Waals surface area contributed by atoms with Crippen molar-refractivity contribution in [2.75, 3.05) is 24.7 Å². The molecule has 6 aromatic rings. The minimum Gasteiger partial charge on any atom is -0.491 e. The van der Waals surface area contributed by atoms with E-state index in [9.17, 15) is 10.2 Å². The van der Waals surface area contributed by atoms with Gasteiger partial charge in [-0.05, 0) is 48.5 Å². The molecule has 12 heteroatoms. The zero-order valence-electron chi connectivity index (χ0n) is 22.6. The van der Waals surface area contributed by atoms with E-state index in [0.717, 1.165) is 22.4 Å². The Morgan fingerprint density at radius 2 is 1.86 bits per heavy atom. The molecule has 42 heavy (non-hydrogen) atoms. The van der Waals surface area contributed by atoms with Gasteiger partial charge in [-0.3, -0.25) is 0 Å². The number of hydrogen-bond acceptors (Lipinski definition) is 10. The van der Waals surface area contributed by atoms with Crippen LogP contribution in [-0.2, 0) is 4.74 Å². The molecule has 2 aromatic carbocycles. The van der Waals surface area contributed by atoms with Gasteiger partial charge >= 0.3 is 0 Å². The molecule has 212 valence electrons. The summed E-state index contributed by atoms with van der Waals surface area (Å²) in [6.45, 7) is 0.0146. The number of fused-ring (bicyclic) bond motifs is 2. The summed E-state index contributed by atoms with van der Waals surface area (Å²) >= 11 is 0. The highest BCUT2D eigenvalue weighted by molar-refractivity contribution is 5.87. The van der Waals surface area contributed by atoms with Crippen molar-refractivity contribution in [3.05, 3.63) is 91.0 Å². The van der Waals surface area contributed by atoms with Crippen LogP contribution >= 0.6 is 0 Å². The minimum atomic E-state index is -1.24. The van der Waals surface area contributed by atoms with Crippen molar-refractivity contribution in [3.8, 4) is 22.7 Å². The Morgan fingerprint density at radius 3 is 2.69 bits per heavy atom. The zero-order valence-corrected chi connectivity index (χ0v) is 22.6. The number of nitrogens with one attached hydrogen (secondary N) is 1. The van der Waals surface area contributed by atoms with Gasteiger partial charge in [0.05, 0.1) is 22.6 Å². The van der Waals surface area contributed by atoms with Crippen LogP contribution in [0, 0.1) is 0 Å². The Labute approximate surface area is 240 Å². The number of nitrogen functional groups attached to an aromatic ring is 1. The van der Waals surface area contributed by atoms with E-state index >= 15 is 0 Å². The zero-order chi connectivity index (χ0) is 28.8. The molecule has 0 spiro atoms. The summed E-state index contributed by atoms with van der Waals surface area (Å²) in [6, 6.07) is 22.9. The minimum absolute atomic E-state index is 0.0146. The number of nitrogens with two attached hydrogens (primary N) is 1. The van der Waals surface area contributed by atoms with Gasteiger partial charge in [-0.2, -0.15) is 10.2 Å². The van der Waals surface area contributed by atoms with E-state index in [0.29, 0.717) is 28.2 Å². The summed E-state index contributed by atoms with van der Waals surface area (Å²) < 4.78 is 15.5. The second-order valence-corrected chi connectivity index (χ2v) is 10.1. The Balaban J connectivity index is 1.16. The van der Waals surface area contributed by atoms with Gasteiger partial charge < -0.3 is 30.7 Å². The number of aliphatic hydroxyl groups is 2. The highest BCUT2D eigenvalue weighted by atomic mass is 16.6. The van der Waals surface area contributed by atoms with Crippen LogP contribution in [0.2, 0.25) is 0 Å². The number of aromatic nitrogens is 6. The van der Waals surface area contributed by atoms with Crippen molar-refractivity contribution >= 4 is 28.1 Å². The lowest BCUT2D eigenvalue weighted by Gasteiger charge is -2.16. The van der Waals surface area contributed by atoms with E-state index in [2.05, 4.69) is 20.4 Å². The number of para-hydroxylation sites is 1. The first-order chi connectivity index (χ1) is 20.5. The first-order valence-electron chi connectivity index (χ1n) is 13.5. The smallest absolute Gasteiger partial charge is 0.152 e. The lowest BCUT2D eigenvalue weighted by atomic mass is 10.1. The molecule has 0 bridgehead atoms. The first-order valence-corrected chi connectivity index (χ1v) is 13.5. The molecule has 1 saturated heterocycles. The Hall–Kier alpha value is -5.04. The molecule has 5 N–H and O–H groups in total. The topological polar surface area (TPSA) is 158 Å². The summed E-state index contributed by atoms with van der Waals surface area (Å²) in [7, 11) is 1.81. The summed E-state index contributed by atoms with van der Waals surface area (Å²) in [5, 5.41) is 35.1. The molecule has 0 aliphatic carbocycles. The summed E-state index contributed by atoms with van der Waals surface area (Å²) in [6.07, 6.45) is -0.953. The quantitative estimate of drug-likeness (QED) is 0.227. The number of pyridine rings is 1. The maximum absolute atomic E-state index is 11.1. The van der Waals surface area contributed by atoms with E-state index in [1.54, 1.807) is 9.20 Å². The van der Waals surface area contributed by atoms with E-state index in [1.165, 1.54) is 6.33 Å². The van der Waals surface area contributed by atoms with E-state index in [1.807, 2.05) is 86.0 Å². The van der Waals surface area contributed by atoms with Gasteiger partial charge in [-0.25, -0.2) is 19.2 Å². The van der Waals surface area contributed by atoms with Crippen molar-refractivity contribution < 1.29 is 19.7 Å². The van der Waals surface area contributed by atoms with Gasteiger partial charge in [-0.15, -0.1) is 0 Å². The summed E-state index contributed by atoms with van der Waals surface area (Å²) in [5.74, 6) is 1.57. The van der Waals surface area contributed by atoms with Crippen LogP contribution in [0.4, 0.5) is 11.6 Å². The lowest BCUT2D eigenvalue weighted by molar-refractivity contribution is -0.0187. The standard InChI is InChI=1S/C30H28N8O4/c1-32-25-10-8-17-7-9-19(13-22(17)35-25)41-15-24-27(39)28(40)29(42-24)23-14-20(26-30(31)33-16-34-38(23)26)21-11-12-37(36-21)18-5-3-2-4-6-18/h2-14,16,24,27-29,39-40H,15H2,1H3,(H,32,35)(H2,31,33,34)/t24-,27-,28-,29+/m1/s1. The monoisotopic (exact) mass is 564 g/mol. The molecule has 12 nitrogen and oxygen atoms in total. The number of nitrogens with zero attached hydrogens (tertiary/aromatic N) is 6. The third kappa shape index (κ3) is 4.47. The predicted molar refractivity (Wildman–Crippen MR) is 156 cm³/mol. The number of hydrogen-bond donors (Lipinski definition) is 4. The molecule has 1 fully saturated rings. The van der Waals surface area contributed by atoms with Crippen LogP contribution in [0.5, 0.6) is 5.75 Å². The molecule has 4 atom stereocenters. The molecule has 4 aromatic heterocycles. The fourth-order valence-electron chi connectivity index (χ4n) is 5.32. The number of anilines is 2. The van der Waals surface area contributed by atoms with Crippen LogP contribution in [0.1, 0.15) is 11.8 Å². The Morgan fingerprint density at radius 1 is 1.02 bits per heavy atom. The number of rotatable bonds is 7. The molecule has 0 amide bonds. The normalized spacial score (nSPS) is 20.4. The fraction of sp³-hybridized carbons (Fsp3) is 0.200. The second-order valence-electron chi connectivity index (χ2n) is 10.1. The Bertz CT molecular complexity index is 1890. The molecular formula is C30H28N8O4. The number of aliphatic hydroxyl groups excluding tert-OH is 2. The van der Waals surface area contributed by atoms with Crippen molar-refractivity contribution in [2.24, 2.45) is 0 Å². The second kappa shape index (κ2) is 10.4. The largest absolute Gasteiger partial charge is 0.491 e. The van der Waals surface area contributed by atoms with Crippen molar-refractivity contribution in [1.82, 2.24) is 29.4 Å². The maximum Gasteiger partial charge on any atom is 0.152 e. The van der Waals surface area contributed by atoms with Gasteiger partial charge in [0.1, 0.15) is 54.4 Å². The predicted octanol–water partition coefficient (Wildman–Crippen LogP) is 2.99. The van der Waals surface area contributed by atoms with Crippen LogP contribution in [-0.4, -0.2) is 71.5 Å². The van der Waals surface area contributed by atoms with E-state index < -0.39 is 24.4 Å². The van der Waals surface area contributed by atoms with Crippen LogP contribution < -0.4 is 15.8 Å². The summed E-state index contributed by atoms with van der Waals surface area (Å²) in [4.78, 5) is 8.72. The van der Waals surface area contributed by atoms with Gasteiger partial charge in [0.15, 0.2) is 5.82 Å². The van der Waals surface area contributed by atoms with E-state index in [-0.39, 0.29) is 12.4 Å². The van der Waals surface area contributed by atoms with Crippen LogP contribution in [0.3, 0.4) is 0 Å². The SMILES string of the molecule is CNc1ccc2ccc(OC[C@H]3O[C@@H](c4cc(-c5ccn(-c6ccccc6)n5)c5c(N)ncnn45)[C@H](O)[C@@H]3O)cc2n1. The number of ether oxygens (including phenoxy) is 2. The first kappa shape index (κ1) is 25.9. The van der Waals surface area contributed by atoms with Crippen molar-refractivity contribution in [1.29, 1.82) is 0 Å². The van der Waals surface area contributed by atoms with Crippen molar-refractivity contribution in [2.45, 2.75) is 24.4 Å². The van der Waals surface area contributed by atoms with Gasteiger partial charge in [0, 0.05) is 30.3 Å². The number of benzene rings is 2. The summed E-state index contributed by atoms with van der Waals surface area (Å²) in [5.41, 5.74) is 10.3. The highest BCUT2D eigenvalue weighted by Gasteiger charge is 2.45. The van der Waals surface area contributed by atoms with Gasteiger partial charge in [0.25, 0.3) is 0 Å². The third-order valence-corrected chi connectivity index (χ3v) is 7.48. The van der Waals surface area contributed by atoms with Crippen LogP contribution in [0.25, 0.3) is 33.4 Å². The average molecular weight is 565 g/mol. The molecule has 0 unspecified atom stereocenters. The van der Waals surface area contributed by atoms with Crippen molar-refractivity contribution in [3.63, 3.8) is 0 Å². The third-order valence-electron chi connectivity index (χ3n) is 7.48. The lowest BCUT2D eigenvalue weighted by Crippen LogP contribution is -2.34. The molecule has 5 heterocycles. The van der Waals surface area contributed by atoms with Gasteiger partial charge in [-0.1, -0.05) is 18.2 Å². The van der Waals surface area contributed by atoms with Crippen LogP contribution in [0.15, 0.2) is 85.3 Å². The highest BCUT2D eigenvalue weighted by Crippen LogP contribution is 2.39. The van der Waals surface area contributed by atoms with E-state index in [4.69, 9.17) is 20.3 Å². The molecule has 0 saturated carbocycles. The molecule has 1 aliphatic heterocycles. The molecule has 0 radical (unpaired) electrons. The average Bonchev–Trinajstić information content (AvgIpc) is 3.73. The fourth-order valence-corrected chi connectivity index (χ4v) is 5.32. The molecule has 1 aliphatic rings. The maximum atomic E-state index is 11.1. The Kier molecular flexibility index (Phi) is 6.42.